The van der Waals surface area contributed by atoms with Gasteiger partial charge in [-0.25, -0.2) is 4.98 Å². The van der Waals surface area contributed by atoms with Gasteiger partial charge in [-0.2, -0.15) is 0 Å². The van der Waals surface area contributed by atoms with Crippen LogP contribution in [-0.4, -0.2) is 34.0 Å². The maximum atomic E-state index is 13.5. The van der Waals surface area contributed by atoms with Gasteiger partial charge in [-0.15, -0.1) is 0 Å². The van der Waals surface area contributed by atoms with Crippen LogP contribution >= 0.6 is 15.9 Å². The molecule has 7 heteroatoms. The number of imidazole rings is 1. The lowest BCUT2D eigenvalue weighted by molar-refractivity contribution is -0.119. The number of carbonyl (C=O) groups is 2. The van der Waals surface area contributed by atoms with E-state index >= 15 is 0 Å². The van der Waals surface area contributed by atoms with E-state index in [0.29, 0.717) is 12.1 Å². The zero-order chi connectivity index (χ0) is 26.2. The summed E-state index contributed by atoms with van der Waals surface area (Å²) in [6.07, 6.45) is 3.55. The summed E-state index contributed by atoms with van der Waals surface area (Å²) in [7, 11) is 0. The van der Waals surface area contributed by atoms with Gasteiger partial charge < -0.3 is 14.8 Å². The molecule has 0 aliphatic rings. The van der Waals surface area contributed by atoms with Crippen LogP contribution < -0.4 is 10.2 Å². The van der Waals surface area contributed by atoms with Gasteiger partial charge in [0.15, 0.2) is 0 Å². The number of para-hydroxylation sites is 3. The zero-order valence-electron chi connectivity index (χ0n) is 21.4. The molecule has 0 radical (unpaired) electrons. The summed E-state index contributed by atoms with van der Waals surface area (Å²) in [4.78, 5) is 32.5. The fraction of sp³-hybridized carbons (Fsp3) is 0.300. The lowest BCUT2D eigenvalue weighted by atomic mass is 10.1. The number of nitrogens with one attached hydrogen (secondary N) is 1. The SMILES string of the molecule is CC(C)N(C(=O)Cn1c(CCCCCNC(=O)c2ccc(Br)cc2)nc2ccccc21)c1ccccc1. The van der Waals surface area contributed by atoms with Crippen molar-refractivity contribution in [1.82, 2.24) is 14.9 Å². The minimum Gasteiger partial charge on any atom is -0.352 e. The van der Waals surface area contributed by atoms with Gasteiger partial charge in [0, 0.05) is 34.7 Å². The van der Waals surface area contributed by atoms with Crippen LogP contribution in [0.5, 0.6) is 0 Å². The number of unbranched alkanes of at least 4 members (excludes halogenated alkanes) is 2. The Morgan fingerprint density at radius 2 is 1.62 bits per heavy atom. The first kappa shape index (κ1) is 26.6. The van der Waals surface area contributed by atoms with Crippen molar-refractivity contribution in [1.29, 1.82) is 0 Å². The normalized spacial score (nSPS) is 11.1. The molecular formula is C30H33BrN4O2. The first-order chi connectivity index (χ1) is 17.9. The van der Waals surface area contributed by atoms with Crippen LogP contribution in [0.4, 0.5) is 5.69 Å². The molecule has 3 aromatic carbocycles. The van der Waals surface area contributed by atoms with Crippen molar-refractivity contribution in [2.45, 2.75) is 52.1 Å². The molecule has 37 heavy (non-hydrogen) atoms. The predicted molar refractivity (Wildman–Crippen MR) is 153 cm³/mol. The van der Waals surface area contributed by atoms with Crippen LogP contribution in [0.1, 0.15) is 49.3 Å². The van der Waals surface area contributed by atoms with Crippen LogP contribution in [0, 0.1) is 0 Å². The van der Waals surface area contributed by atoms with Gasteiger partial charge >= 0.3 is 0 Å². The summed E-state index contributed by atoms with van der Waals surface area (Å²) in [5.74, 6) is 0.910. The summed E-state index contributed by atoms with van der Waals surface area (Å²) in [6, 6.07) is 25.2. The molecule has 6 nitrogen and oxygen atoms in total. The van der Waals surface area contributed by atoms with E-state index in [-0.39, 0.29) is 24.4 Å². The van der Waals surface area contributed by atoms with E-state index in [4.69, 9.17) is 4.98 Å². The molecule has 0 aliphatic heterocycles. The first-order valence-electron chi connectivity index (χ1n) is 12.8. The molecule has 4 aromatic rings. The zero-order valence-corrected chi connectivity index (χ0v) is 22.9. The number of aromatic nitrogens is 2. The number of benzene rings is 3. The molecule has 1 heterocycles. The van der Waals surface area contributed by atoms with Crippen molar-refractivity contribution in [2.75, 3.05) is 11.4 Å². The highest BCUT2D eigenvalue weighted by Gasteiger charge is 2.21. The highest BCUT2D eigenvalue weighted by atomic mass is 79.9. The van der Waals surface area contributed by atoms with Crippen LogP contribution in [0.3, 0.4) is 0 Å². The average Bonchev–Trinajstić information content (AvgIpc) is 3.24. The van der Waals surface area contributed by atoms with Gasteiger partial charge in [-0.05, 0) is 75.2 Å². The number of amides is 2. The number of fused-ring (bicyclic) bond motifs is 1. The lowest BCUT2D eigenvalue weighted by Crippen LogP contribution is -2.39. The standard InChI is InChI=1S/C30H33BrN4O2/c1-22(2)35(25-11-5-3-6-12-25)29(36)21-34-27-14-9-8-13-26(27)33-28(34)15-7-4-10-20-32-30(37)23-16-18-24(31)19-17-23/h3,5-6,8-9,11-14,16-19,22H,4,7,10,15,20-21H2,1-2H3,(H,32,37). The molecule has 0 spiro atoms. The highest BCUT2D eigenvalue weighted by molar-refractivity contribution is 9.10. The second-order valence-electron chi connectivity index (χ2n) is 9.37. The van der Waals surface area contributed by atoms with Gasteiger partial charge in [-0.3, -0.25) is 9.59 Å². The Morgan fingerprint density at radius 1 is 0.919 bits per heavy atom. The monoisotopic (exact) mass is 560 g/mol. The Morgan fingerprint density at radius 3 is 2.35 bits per heavy atom. The summed E-state index contributed by atoms with van der Waals surface area (Å²) in [6.45, 7) is 4.94. The molecule has 0 aliphatic carbocycles. The van der Waals surface area contributed by atoms with E-state index in [1.165, 1.54) is 0 Å². The number of hydrogen-bond donors (Lipinski definition) is 1. The number of rotatable bonds is 11. The molecule has 0 saturated heterocycles. The van der Waals surface area contributed by atoms with Crippen LogP contribution in [0.25, 0.3) is 11.0 Å². The van der Waals surface area contributed by atoms with Crippen molar-refractivity contribution >= 4 is 44.5 Å². The smallest absolute Gasteiger partial charge is 0.251 e. The first-order valence-corrected chi connectivity index (χ1v) is 13.6. The predicted octanol–water partition coefficient (Wildman–Crippen LogP) is 6.38. The van der Waals surface area contributed by atoms with E-state index in [1.54, 1.807) is 0 Å². The molecule has 0 bridgehead atoms. The highest BCUT2D eigenvalue weighted by Crippen LogP contribution is 2.21. The second-order valence-corrected chi connectivity index (χ2v) is 10.3. The van der Waals surface area contributed by atoms with Crippen molar-refractivity contribution in [3.05, 3.63) is 94.7 Å². The molecule has 1 N–H and O–H groups in total. The third-order valence-corrected chi connectivity index (χ3v) is 6.84. The van der Waals surface area contributed by atoms with Crippen LogP contribution in [-0.2, 0) is 17.8 Å². The molecular weight excluding hydrogens is 528 g/mol. The molecule has 1 aromatic heterocycles. The minimum atomic E-state index is -0.0547. The number of carbonyl (C=O) groups excluding carboxylic acids is 2. The molecule has 4 rings (SSSR count). The van der Waals surface area contributed by atoms with E-state index in [1.807, 2.05) is 97.6 Å². The number of nitrogens with zero attached hydrogens (tertiary/aromatic N) is 3. The Labute approximate surface area is 226 Å². The lowest BCUT2D eigenvalue weighted by Gasteiger charge is -2.27. The van der Waals surface area contributed by atoms with E-state index < -0.39 is 0 Å². The topological polar surface area (TPSA) is 67.2 Å². The van der Waals surface area contributed by atoms with Gasteiger partial charge in [0.05, 0.1) is 11.0 Å². The Hall–Kier alpha value is -3.45. The number of aryl methyl sites for hydroxylation is 1. The third-order valence-electron chi connectivity index (χ3n) is 6.32. The minimum absolute atomic E-state index is 0.0424. The molecule has 192 valence electrons. The van der Waals surface area contributed by atoms with Crippen molar-refractivity contribution < 1.29 is 9.59 Å². The molecule has 0 atom stereocenters. The number of anilines is 1. The fourth-order valence-corrected chi connectivity index (χ4v) is 4.78. The Kier molecular flexibility index (Phi) is 9.12. The Bertz CT molecular complexity index is 1330. The summed E-state index contributed by atoms with van der Waals surface area (Å²) in [5, 5.41) is 2.99. The Balaban J connectivity index is 1.37. The summed E-state index contributed by atoms with van der Waals surface area (Å²) < 4.78 is 3.01. The number of hydrogen-bond acceptors (Lipinski definition) is 3. The van der Waals surface area contributed by atoms with Crippen molar-refractivity contribution in [3.8, 4) is 0 Å². The van der Waals surface area contributed by atoms with Crippen LogP contribution in [0.2, 0.25) is 0 Å². The quantitative estimate of drug-likeness (QED) is 0.216. The largest absolute Gasteiger partial charge is 0.352 e. The average molecular weight is 562 g/mol. The summed E-state index contributed by atoms with van der Waals surface area (Å²) >= 11 is 3.39. The van der Waals surface area contributed by atoms with Crippen molar-refractivity contribution in [3.63, 3.8) is 0 Å². The number of halogens is 1. The molecule has 0 unspecified atom stereocenters. The van der Waals surface area contributed by atoms with Crippen LogP contribution in [0.15, 0.2) is 83.3 Å². The van der Waals surface area contributed by atoms with Crippen molar-refractivity contribution in [2.24, 2.45) is 0 Å². The second kappa shape index (κ2) is 12.7. The van der Waals surface area contributed by atoms with E-state index in [2.05, 4.69) is 25.8 Å². The molecule has 0 fully saturated rings. The third kappa shape index (κ3) is 6.86. The maximum absolute atomic E-state index is 13.5. The summed E-state index contributed by atoms with van der Waals surface area (Å²) in [5.41, 5.74) is 3.44. The van der Waals surface area contributed by atoms with E-state index in [0.717, 1.165) is 52.7 Å². The van der Waals surface area contributed by atoms with E-state index in [9.17, 15) is 9.59 Å². The van der Waals surface area contributed by atoms with Gasteiger partial charge in [-0.1, -0.05) is 52.7 Å². The maximum Gasteiger partial charge on any atom is 0.251 e. The van der Waals surface area contributed by atoms with Gasteiger partial charge in [0.2, 0.25) is 5.91 Å². The van der Waals surface area contributed by atoms with Gasteiger partial charge in [0.1, 0.15) is 12.4 Å². The fourth-order valence-electron chi connectivity index (χ4n) is 4.51. The van der Waals surface area contributed by atoms with Gasteiger partial charge in [0.25, 0.3) is 5.91 Å². The molecule has 2 amide bonds. The molecule has 0 saturated carbocycles.